The van der Waals surface area contributed by atoms with Crippen LogP contribution < -0.4 is 10.6 Å². The summed E-state index contributed by atoms with van der Waals surface area (Å²) < 4.78 is 11.1. The molecule has 1 aromatic rings. The molecule has 0 radical (unpaired) electrons. The summed E-state index contributed by atoms with van der Waals surface area (Å²) in [6.07, 6.45) is 3.22. The molecule has 2 aliphatic rings. The molecule has 3 rings (SSSR count). The molecule has 6 heteroatoms. The first kappa shape index (κ1) is 18.5. The van der Waals surface area contributed by atoms with Crippen molar-refractivity contribution >= 4 is 17.6 Å². The normalized spacial score (nSPS) is 25.8. The number of nitrogens with zero attached hydrogens (tertiary/aromatic N) is 1. The Kier molecular flexibility index (Phi) is 6.96. The minimum absolute atomic E-state index is 0.434. The number of rotatable bonds is 8. The van der Waals surface area contributed by atoms with Crippen molar-refractivity contribution in [3.63, 3.8) is 0 Å². The topological polar surface area (TPSA) is 54.9 Å². The number of hydrogen-bond acceptors (Lipinski definition) is 3. The molecule has 0 spiro atoms. The number of guanidine groups is 1. The SMILES string of the molecule is CN=C(NCCCOCC1CCOC1)NC1CC1c1cccc(Cl)c1. The highest BCUT2D eigenvalue weighted by Gasteiger charge is 2.39. The molecule has 2 N–H and O–H groups in total. The smallest absolute Gasteiger partial charge is 0.191 e. The molecule has 1 aromatic carbocycles. The van der Waals surface area contributed by atoms with Gasteiger partial charge in [-0.1, -0.05) is 23.7 Å². The molecule has 1 saturated heterocycles. The second-order valence-corrected chi connectivity index (χ2v) is 7.24. The van der Waals surface area contributed by atoms with Gasteiger partial charge in [-0.3, -0.25) is 4.99 Å². The van der Waals surface area contributed by atoms with Crippen LogP contribution in [0, 0.1) is 5.92 Å². The highest BCUT2D eigenvalue weighted by Crippen LogP contribution is 2.41. The summed E-state index contributed by atoms with van der Waals surface area (Å²) in [7, 11) is 1.81. The third-order valence-corrected chi connectivity index (χ3v) is 4.98. The Bertz CT molecular complexity index is 576. The summed E-state index contributed by atoms with van der Waals surface area (Å²) in [5.74, 6) is 1.97. The van der Waals surface area contributed by atoms with E-state index in [1.54, 1.807) is 0 Å². The standard InChI is InChI=1S/C19H28ClN3O2/c1-21-19(22-7-3-8-24-12-14-6-9-25-13-14)23-18-11-17(18)15-4-2-5-16(20)10-15/h2,4-5,10,14,17-18H,3,6-9,11-13H2,1H3,(H2,21,22,23). The molecule has 1 saturated carbocycles. The molecule has 1 aliphatic heterocycles. The van der Waals surface area contributed by atoms with Crippen molar-refractivity contribution in [2.75, 3.05) is 40.0 Å². The van der Waals surface area contributed by atoms with E-state index < -0.39 is 0 Å². The summed E-state index contributed by atoms with van der Waals surface area (Å²) in [6, 6.07) is 8.55. The Morgan fingerprint density at radius 3 is 3.12 bits per heavy atom. The second kappa shape index (κ2) is 9.41. The van der Waals surface area contributed by atoms with Gasteiger partial charge in [0.15, 0.2) is 5.96 Å². The monoisotopic (exact) mass is 365 g/mol. The average Bonchev–Trinajstić information content (AvgIpc) is 3.19. The van der Waals surface area contributed by atoms with E-state index in [-0.39, 0.29) is 0 Å². The number of benzene rings is 1. The molecule has 0 amide bonds. The van der Waals surface area contributed by atoms with Crippen LogP contribution in [0.4, 0.5) is 0 Å². The number of ether oxygens (including phenoxy) is 2. The van der Waals surface area contributed by atoms with E-state index in [1.165, 1.54) is 5.56 Å². The van der Waals surface area contributed by atoms with Crippen molar-refractivity contribution in [1.82, 2.24) is 10.6 Å². The third kappa shape index (κ3) is 5.87. The highest BCUT2D eigenvalue weighted by atomic mass is 35.5. The van der Waals surface area contributed by atoms with Crippen LogP contribution in [-0.2, 0) is 9.47 Å². The fourth-order valence-electron chi connectivity index (χ4n) is 3.18. The minimum atomic E-state index is 0.434. The van der Waals surface area contributed by atoms with Gasteiger partial charge >= 0.3 is 0 Å². The number of hydrogen-bond donors (Lipinski definition) is 2. The maximum Gasteiger partial charge on any atom is 0.191 e. The van der Waals surface area contributed by atoms with Gasteiger partial charge in [0, 0.05) is 49.7 Å². The molecule has 138 valence electrons. The van der Waals surface area contributed by atoms with Gasteiger partial charge in [-0.05, 0) is 37.0 Å². The van der Waals surface area contributed by atoms with Crippen LogP contribution in [0.3, 0.4) is 0 Å². The van der Waals surface area contributed by atoms with Gasteiger partial charge in [-0.25, -0.2) is 0 Å². The zero-order valence-corrected chi connectivity index (χ0v) is 15.6. The van der Waals surface area contributed by atoms with Gasteiger partial charge in [-0.15, -0.1) is 0 Å². The van der Waals surface area contributed by atoms with E-state index in [0.717, 1.165) is 63.2 Å². The van der Waals surface area contributed by atoms with Crippen molar-refractivity contribution in [2.24, 2.45) is 10.9 Å². The van der Waals surface area contributed by atoms with E-state index in [1.807, 2.05) is 19.2 Å². The Morgan fingerprint density at radius 1 is 1.44 bits per heavy atom. The Balaban J connectivity index is 1.28. The lowest BCUT2D eigenvalue weighted by Crippen LogP contribution is -2.39. The Morgan fingerprint density at radius 2 is 2.36 bits per heavy atom. The van der Waals surface area contributed by atoms with Gasteiger partial charge in [0.25, 0.3) is 0 Å². The third-order valence-electron chi connectivity index (χ3n) is 4.75. The van der Waals surface area contributed by atoms with E-state index in [2.05, 4.69) is 27.8 Å². The highest BCUT2D eigenvalue weighted by molar-refractivity contribution is 6.30. The van der Waals surface area contributed by atoms with E-state index in [4.69, 9.17) is 21.1 Å². The molecule has 3 unspecified atom stereocenters. The summed E-state index contributed by atoms with van der Waals surface area (Å²) in [6.45, 7) is 4.18. The predicted molar refractivity (Wildman–Crippen MR) is 101 cm³/mol. The van der Waals surface area contributed by atoms with Crippen molar-refractivity contribution < 1.29 is 9.47 Å². The first-order valence-electron chi connectivity index (χ1n) is 9.14. The van der Waals surface area contributed by atoms with Crippen LogP contribution in [0.2, 0.25) is 5.02 Å². The van der Waals surface area contributed by atoms with Crippen molar-refractivity contribution in [3.8, 4) is 0 Å². The molecule has 25 heavy (non-hydrogen) atoms. The number of aliphatic imine (C=N–C) groups is 1. The molecular formula is C19H28ClN3O2. The largest absolute Gasteiger partial charge is 0.381 e. The van der Waals surface area contributed by atoms with Crippen LogP contribution in [0.25, 0.3) is 0 Å². The maximum atomic E-state index is 6.07. The molecule has 2 fully saturated rings. The van der Waals surface area contributed by atoms with Gasteiger partial charge in [-0.2, -0.15) is 0 Å². The molecule has 1 aliphatic carbocycles. The van der Waals surface area contributed by atoms with Gasteiger partial charge in [0.1, 0.15) is 0 Å². The zero-order chi connectivity index (χ0) is 17.5. The average molecular weight is 366 g/mol. The minimum Gasteiger partial charge on any atom is -0.381 e. The predicted octanol–water partition coefficient (Wildman–Crippen LogP) is 2.80. The lowest BCUT2D eigenvalue weighted by Gasteiger charge is -2.13. The number of halogens is 1. The Hall–Kier alpha value is -1.30. The van der Waals surface area contributed by atoms with Crippen LogP contribution in [0.1, 0.15) is 30.7 Å². The summed E-state index contributed by atoms with van der Waals surface area (Å²) in [4.78, 5) is 4.31. The maximum absolute atomic E-state index is 6.07. The first-order valence-corrected chi connectivity index (χ1v) is 9.52. The number of nitrogens with one attached hydrogen (secondary N) is 2. The van der Waals surface area contributed by atoms with Crippen molar-refractivity contribution in [1.29, 1.82) is 0 Å². The second-order valence-electron chi connectivity index (χ2n) is 6.81. The summed E-state index contributed by atoms with van der Waals surface area (Å²) >= 11 is 6.07. The lowest BCUT2D eigenvalue weighted by molar-refractivity contribution is 0.0888. The molecule has 0 bridgehead atoms. The summed E-state index contributed by atoms with van der Waals surface area (Å²) in [5.41, 5.74) is 1.30. The quantitative estimate of drug-likeness (QED) is 0.422. The molecule has 0 aromatic heterocycles. The molecule has 3 atom stereocenters. The van der Waals surface area contributed by atoms with Crippen LogP contribution in [0.15, 0.2) is 29.3 Å². The Labute approximate surface area is 155 Å². The van der Waals surface area contributed by atoms with E-state index in [0.29, 0.717) is 17.9 Å². The molecular weight excluding hydrogens is 338 g/mol. The first-order chi connectivity index (χ1) is 12.3. The van der Waals surface area contributed by atoms with Crippen molar-refractivity contribution in [2.45, 2.75) is 31.2 Å². The van der Waals surface area contributed by atoms with Crippen LogP contribution in [0.5, 0.6) is 0 Å². The zero-order valence-electron chi connectivity index (χ0n) is 14.8. The fraction of sp³-hybridized carbons (Fsp3) is 0.632. The van der Waals surface area contributed by atoms with E-state index in [9.17, 15) is 0 Å². The van der Waals surface area contributed by atoms with Crippen LogP contribution >= 0.6 is 11.6 Å². The lowest BCUT2D eigenvalue weighted by atomic mass is 10.1. The van der Waals surface area contributed by atoms with Gasteiger partial charge in [0.2, 0.25) is 0 Å². The van der Waals surface area contributed by atoms with Gasteiger partial charge < -0.3 is 20.1 Å². The van der Waals surface area contributed by atoms with Crippen LogP contribution in [-0.4, -0.2) is 52.0 Å². The summed E-state index contributed by atoms with van der Waals surface area (Å²) in [5, 5.41) is 7.64. The van der Waals surface area contributed by atoms with Gasteiger partial charge in [0.05, 0.1) is 13.2 Å². The van der Waals surface area contributed by atoms with E-state index >= 15 is 0 Å². The fourth-order valence-corrected chi connectivity index (χ4v) is 3.37. The van der Waals surface area contributed by atoms with Crippen molar-refractivity contribution in [3.05, 3.63) is 34.9 Å². The molecule has 1 heterocycles. The molecule has 5 nitrogen and oxygen atoms in total.